The smallest absolute Gasteiger partial charge is 0.269 e. The SMILES string of the molecule is O=[N+]([O-])c1ccc(C=Nc2ccc(N(CC3=C=CC=C3)CC3=C=CC=C3)cc2)cc1. The van der Waals surface area contributed by atoms with Crippen LogP contribution in [0, 0.1) is 10.1 Å². The number of non-ortho nitro benzene ring substituents is 1. The summed E-state index contributed by atoms with van der Waals surface area (Å²) in [6, 6.07) is 14.4. The number of nitro groups is 1. The lowest BCUT2D eigenvalue weighted by Crippen LogP contribution is -2.26. The van der Waals surface area contributed by atoms with E-state index in [9.17, 15) is 10.1 Å². The Balaban J connectivity index is 1.48. The van der Waals surface area contributed by atoms with Gasteiger partial charge in [0.15, 0.2) is 0 Å². The predicted octanol–water partition coefficient (Wildman–Crippen LogP) is 5.45. The van der Waals surface area contributed by atoms with Crippen molar-refractivity contribution in [3.8, 4) is 0 Å². The van der Waals surface area contributed by atoms with Crippen LogP contribution in [0.1, 0.15) is 5.56 Å². The molecule has 0 amide bonds. The number of nitrogens with zero attached hydrogens (tertiary/aromatic N) is 3. The van der Waals surface area contributed by atoms with Crippen molar-refractivity contribution >= 4 is 23.3 Å². The summed E-state index contributed by atoms with van der Waals surface area (Å²) in [5, 5.41) is 10.7. The summed E-state index contributed by atoms with van der Waals surface area (Å²) in [6.45, 7) is 1.52. The molecule has 146 valence electrons. The molecular weight excluding hydrogens is 374 g/mol. The lowest BCUT2D eigenvalue weighted by atomic mass is 10.2. The molecule has 0 saturated heterocycles. The van der Waals surface area contributed by atoms with Crippen LogP contribution in [-0.4, -0.2) is 24.2 Å². The van der Waals surface area contributed by atoms with Gasteiger partial charge in [0, 0.05) is 35.2 Å². The van der Waals surface area contributed by atoms with Gasteiger partial charge in [0.2, 0.25) is 0 Å². The van der Waals surface area contributed by atoms with E-state index < -0.39 is 4.92 Å². The molecule has 2 aliphatic carbocycles. The van der Waals surface area contributed by atoms with Crippen molar-refractivity contribution in [2.45, 2.75) is 0 Å². The first kappa shape index (κ1) is 19.2. The molecule has 0 spiro atoms. The molecule has 4 rings (SSSR count). The Morgan fingerprint density at radius 1 is 0.900 bits per heavy atom. The van der Waals surface area contributed by atoms with E-state index in [-0.39, 0.29) is 5.69 Å². The predicted molar refractivity (Wildman–Crippen MR) is 120 cm³/mol. The van der Waals surface area contributed by atoms with Gasteiger partial charge in [0.05, 0.1) is 23.7 Å². The number of allylic oxidation sites excluding steroid dienone is 2. The van der Waals surface area contributed by atoms with Gasteiger partial charge in [0.25, 0.3) is 5.69 Å². The molecule has 2 aromatic carbocycles. The fraction of sp³-hybridized carbons (Fsp3) is 0.0800. The van der Waals surface area contributed by atoms with Gasteiger partial charge in [-0.15, -0.1) is 11.5 Å². The molecule has 5 heteroatoms. The van der Waals surface area contributed by atoms with Crippen molar-refractivity contribution in [1.29, 1.82) is 0 Å². The Labute approximate surface area is 174 Å². The van der Waals surface area contributed by atoms with Crippen LogP contribution in [0.15, 0.2) is 113 Å². The highest BCUT2D eigenvalue weighted by Crippen LogP contribution is 2.23. The highest BCUT2D eigenvalue weighted by atomic mass is 16.6. The molecule has 5 nitrogen and oxygen atoms in total. The number of aliphatic imine (C=N–C) groups is 1. The molecule has 30 heavy (non-hydrogen) atoms. The minimum atomic E-state index is -0.411. The first-order chi connectivity index (χ1) is 14.7. The summed E-state index contributed by atoms with van der Waals surface area (Å²) < 4.78 is 0. The van der Waals surface area contributed by atoms with Gasteiger partial charge in [-0.05, 0) is 66.3 Å². The highest BCUT2D eigenvalue weighted by molar-refractivity contribution is 5.82. The van der Waals surface area contributed by atoms with E-state index in [2.05, 4.69) is 33.5 Å². The molecule has 2 aliphatic rings. The average molecular weight is 393 g/mol. The Morgan fingerprint density at radius 2 is 1.50 bits per heavy atom. The van der Waals surface area contributed by atoms with Gasteiger partial charge in [-0.2, -0.15) is 0 Å². The van der Waals surface area contributed by atoms with Crippen molar-refractivity contribution in [3.63, 3.8) is 0 Å². The molecule has 0 heterocycles. The monoisotopic (exact) mass is 393 g/mol. The Bertz CT molecular complexity index is 1130. The first-order valence-electron chi connectivity index (χ1n) is 9.55. The number of rotatable bonds is 8. The maximum Gasteiger partial charge on any atom is 0.269 e. The van der Waals surface area contributed by atoms with Gasteiger partial charge >= 0.3 is 0 Å². The van der Waals surface area contributed by atoms with Gasteiger partial charge in [-0.3, -0.25) is 15.1 Å². The van der Waals surface area contributed by atoms with Crippen molar-refractivity contribution in [2.75, 3.05) is 18.0 Å². The van der Waals surface area contributed by atoms with Crippen molar-refractivity contribution in [3.05, 3.63) is 123 Å². The fourth-order valence-electron chi connectivity index (χ4n) is 3.16. The largest absolute Gasteiger partial charge is 0.362 e. The number of nitro benzene ring substituents is 1. The summed E-state index contributed by atoms with van der Waals surface area (Å²) in [7, 11) is 0. The van der Waals surface area contributed by atoms with E-state index in [1.165, 1.54) is 12.1 Å². The van der Waals surface area contributed by atoms with Crippen LogP contribution in [-0.2, 0) is 0 Å². The molecule has 0 atom stereocenters. The van der Waals surface area contributed by atoms with Crippen LogP contribution in [0.3, 0.4) is 0 Å². The van der Waals surface area contributed by atoms with Gasteiger partial charge in [0.1, 0.15) is 0 Å². The third-order valence-electron chi connectivity index (χ3n) is 4.73. The second-order valence-corrected chi connectivity index (χ2v) is 6.87. The summed E-state index contributed by atoms with van der Waals surface area (Å²) in [5.41, 5.74) is 11.6. The van der Waals surface area contributed by atoms with E-state index in [0.29, 0.717) is 0 Å². The van der Waals surface area contributed by atoms with Crippen LogP contribution >= 0.6 is 0 Å². The highest BCUT2D eigenvalue weighted by Gasteiger charge is 2.11. The normalized spacial score (nSPS) is 13.9. The van der Waals surface area contributed by atoms with E-state index in [1.54, 1.807) is 18.3 Å². The zero-order chi connectivity index (χ0) is 20.8. The first-order valence-corrected chi connectivity index (χ1v) is 9.55. The van der Waals surface area contributed by atoms with E-state index in [0.717, 1.165) is 41.2 Å². The van der Waals surface area contributed by atoms with Crippen LogP contribution in [0.25, 0.3) is 0 Å². The van der Waals surface area contributed by atoms with Crippen molar-refractivity contribution in [1.82, 2.24) is 0 Å². The van der Waals surface area contributed by atoms with Crippen molar-refractivity contribution < 1.29 is 4.92 Å². The molecule has 0 radical (unpaired) electrons. The average Bonchev–Trinajstić information content (AvgIpc) is 3.47. The maximum absolute atomic E-state index is 10.7. The number of hydrogen-bond donors (Lipinski definition) is 0. The molecule has 0 fully saturated rings. The topological polar surface area (TPSA) is 58.7 Å². The summed E-state index contributed by atoms with van der Waals surface area (Å²) in [5.74, 6) is 0. The van der Waals surface area contributed by atoms with Gasteiger partial charge in [-0.25, -0.2) is 0 Å². The summed E-state index contributed by atoms with van der Waals surface area (Å²) >= 11 is 0. The molecule has 0 unspecified atom stereocenters. The van der Waals surface area contributed by atoms with E-state index in [1.807, 2.05) is 48.6 Å². The second kappa shape index (κ2) is 8.89. The van der Waals surface area contributed by atoms with Crippen LogP contribution < -0.4 is 4.90 Å². The zero-order valence-corrected chi connectivity index (χ0v) is 16.2. The summed E-state index contributed by atoms with van der Waals surface area (Å²) in [4.78, 5) is 17.1. The third-order valence-corrected chi connectivity index (χ3v) is 4.73. The Hall–Kier alpha value is -4.17. The quantitative estimate of drug-likeness (QED) is 0.259. The number of benzene rings is 2. The van der Waals surface area contributed by atoms with E-state index >= 15 is 0 Å². The van der Waals surface area contributed by atoms with Gasteiger partial charge in [-0.1, -0.05) is 12.2 Å². The molecule has 0 bridgehead atoms. The number of anilines is 1. The maximum atomic E-state index is 10.7. The van der Waals surface area contributed by atoms with Crippen molar-refractivity contribution in [2.24, 2.45) is 4.99 Å². The minimum absolute atomic E-state index is 0.0701. The number of hydrogen-bond acceptors (Lipinski definition) is 4. The Kier molecular flexibility index (Phi) is 5.68. The van der Waals surface area contributed by atoms with Crippen LogP contribution in [0.5, 0.6) is 0 Å². The molecule has 0 aliphatic heterocycles. The zero-order valence-electron chi connectivity index (χ0n) is 16.2. The summed E-state index contributed by atoms with van der Waals surface area (Å²) in [6.07, 6.45) is 13.7. The van der Waals surface area contributed by atoms with Crippen LogP contribution in [0.4, 0.5) is 17.1 Å². The molecule has 0 N–H and O–H groups in total. The van der Waals surface area contributed by atoms with E-state index in [4.69, 9.17) is 0 Å². The lowest BCUT2D eigenvalue weighted by Gasteiger charge is -2.24. The standard InChI is InChI=1S/C25H19N3O2/c29-28(30)25-13-9-20(10-14-25)17-26-23-11-15-24(16-12-23)27(18-21-5-1-2-6-21)19-22-7-3-4-8-22/h1-5,7,9-17H,18-19H2. The lowest BCUT2D eigenvalue weighted by molar-refractivity contribution is -0.384. The minimum Gasteiger partial charge on any atom is -0.362 e. The van der Waals surface area contributed by atoms with Crippen LogP contribution in [0.2, 0.25) is 0 Å². The van der Waals surface area contributed by atoms with Gasteiger partial charge < -0.3 is 4.90 Å². The molecule has 0 saturated carbocycles. The fourth-order valence-corrected chi connectivity index (χ4v) is 3.16. The second-order valence-electron chi connectivity index (χ2n) is 6.87. The third kappa shape index (κ3) is 4.81. The molecular formula is C25H19N3O2. The molecule has 0 aromatic heterocycles. The molecule has 2 aromatic rings. The Morgan fingerprint density at radius 3 is 2.00 bits per heavy atom.